The molecule has 1 aliphatic rings. The largest absolute Gasteiger partial charge is 0.394 e. The molecule has 0 saturated heterocycles. The molecular formula is C5H8N2O. The Hall–Kier alpha value is -0.960. The van der Waals surface area contributed by atoms with Crippen LogP contribution >= 0.6 is 0 Å². The summed E-state index contributed by atoms with van der Waals surface area (Å²) in [6.45, 7) is 0. The van der Waals surface area contributed by atoms with Gasteiger partial charge in [0.25, 0.3) is 0 Å². The van der Waals surface area contributed by atoms with Crippen LogP contribution in [0.1, 0.15) is 6.42 Å². The molecule has 3 N–H and O–H groups in total. The van der Waals surface area contributed by atoms with Crippen molar-refractivity contribution < 1.29 is 4.84 Å². The Balaban J connectivity index is 2.43. The van der Waals surface area contributed by atoms with Crippen LogP contribution < -0.4 is 11.2 Å². The Labute approximate surface area is 47.8 Å². The van der Waals surface area contributed by atoms with Gasteiger partial charge in [0.15, 0.2) is 0 Å². The number of hydrogen-bond acceptors (Lipinski definition) is 3. The molecule has 0 atom stereocenters. The molecule has 0 saturated carbocycles. The quantitative estimate of drug-likeness (QED) is 0.477. The number of hydrogen-bond donors (Lipinski definition) is 2. The van der Waals surface area contributed by atoms with E-state index in [1.165, 1.54) is 0 Å². The fourth-order valence-electron chi connectivity index (χ4n) is 0.525. The summed E-state index contributed by atoms with van der Waals surface area (Å²) in [5.41, 5.74) is 0. The second-order valence-electron chi connectivity index (χ2n) is 1.47. The van der Waals surface area contributed by atoms with Crippen molar-refractivity contribution in [2.75, 3.05) is 0 Å². The van der Waals surface area contributed by atoms with E-state index >= 15 is 0 Å². The van der Waals surface area contributed by atoms with Gasteiger partial charge in [0, 0.05) is 6.20 Å². The number of nitrogens with one attached hydrogen (secondary N) is 1. The molecule has 3 nitrogen and oxygen atoms in total. The van der Waals surface area contributed by atoms with Crippen molar-refractivity contribution in [3.05, 3.63) is 24.2 Å². The Morgan fingerprint density at radius 3 is 3.00 bits per heavy atom. The molecule has 0 amide bonds. The lowest BCUT2D eigenvalue weighted by Crippen LogP contribution is -2.14. The monoisotopic (exact) mass is 112 g/mol. The van der Waals surface area contributed by atoms with E-state index < -0.39 is 0 Å². The van der Waals surface area contributed by atoms with Crippen LogP contribution in [0.5, 0.6) is 0 Å². The summed E-state index contributed by atoms with van der Waals surface area (Å²) < 4.78 is 0. The second kappa shape index (κ2) is 2.37. The van der Waals surface area contributed by atoms with Crippen LogP contribution in [0.4, 0.5) is 0 Å². The lowest BCUT2D eigenvalue weighted by atomic mass is 10.3. The van der Waals surface area contributed by atoms with E-state index in [-0.39, 0.29) is 0 Å². The lowest BCUT2D eigenvalue weighted by Gasteiger charge is -2.05. The van der Waals surface area contributed by atoms with Gasteiger partial charge in [-0.15, -0.1) is 0 Å². The predicted octanol–water partition coefficient (Wildman–Crippen LogP) is 0.225. The minimum absolute atomic E-state index is 0.618. The van der Waals surface area contributed by atoms with E-state index in [0.717, 1.165) is 6.42 Å². The Morgan fingerprint density at radius 2 is 2.62 bits per heavy atom. The second-order valence-corrected chi connectivity index (χ2v) is 1.47. The van der Waals surface area contributed by atoms with Crippen molar-refractivity contribution in [1.82, 2.24) is 5.32 Å². The van der Waals surface area contributed by atoms with Gasteiger partial charge in [-0.05, 0) is 12.5 Å². The average Bonchev–Trinajstić information content (AvgIpc) is 1.90. The summed E-state index contributed by atoms with van der Waals surface area (Å²) >= 11 is 0. The van der Waals surface area contributed by atoms with E-state index in [0.29, 0.717) is 5.88 Å². The standard InChI is InChI=1S/C5H8N2O/c6-8-5-3-1-2-4-7-5/h2-4,7H,1,6H2. The number of allylic oxidation sites excluding steroid dienone is 2. The van der Waals surface area contributed by atoms with Gasteiger partial charge < -0.3 is 10.2 Å². The maximum Gasteiger partial charge on any atom is 0.211 e. The van der Waals surface area contributed by atoms with Crippen LogP contribution in [0.2, 0.25) is 0 Å². The maximum absolute atomic E-state index is 4.84. The topological polar surface area (TPSA) is 47.3 Å². The first-order valence-corrected chi connectivity index (χ1v) is 2.42. The third-order valence-electron chi connectivity index (χ3n) is 0.910. The molecule has 0 aromatic rings. The predicted molar refractivity (Wildman–Crippen MR) is 30.2 cm³/mol. The first-order valence-electron chi connectivity index (χ1n) is 2.42. The van der Waals surface area contributed by atoms with Gasteiger partial charge in [-0.25, -0.2) is 0 Å². The SMILES string of the molecule is NOC1=CCC=CN1. The molecule has 0 aliphatic carbocycles. The molecule has 0 aromatic carbocycles. The molecule has 0 aromatic heterocycles. The number of dihydropyridines is 1. The third-order valence-corrected chi connectivity index (χ3v) is 0.910. The van der Waals surface area contributed by atoms with Crippen molar-refractivity contribution in [2.45, 2.75) is 6.42 Å². The van der Waals surface area contributed by atoms with E-state index in [4.69, 9.17) is 5.90 Å². The van der Waals surface area contributed by atoms with Gasteiger partial charge in [0.05, 0.1) is 0 Å². The summed E-state index contributed by atoms with van der Waals surface area (Å²) in [6, 6.07) is 0. The highest BCUT2D eigenvalue weighted by molar-refractivity contribution is 5.05. The number of rotatable bonds is 1. The van der Waals surface area contributed by atoms with E-state index in [1.807, 2.05) is 12.2 Å². The lowest BCUT2D eigenvalue weighted by molar-refractivity contribution is 0.203. The molecule has 44 valence electrons. The summed E-state index contributed by atoms with van der Waals surface area (Å²) in [5.74, 6) is 5.46. The van der Waals surface area contributed by atoms with Gasteiger partial charge in [0.2, 0.25) is 5.88 Å². The van der Waals surface area contributed by atoms with E-state index in [1.54, 1.807) is 6.20 Å². The van der Waals surface area contributed by atoms with Gasteiger partial charge in [-0.2, -0.15) is 5.90 Å². The van der Waals surface area contributed by atoms with Crippen LogP contribution in [0.3, 0.4) is 0 Å². The zero-order chi connectivity index (χ0) is 5.82. The first-order chi connectivity index (χ1) is 3.93. The zero-order valence-corrected chi connectivity index (χ0v) is 4.42. The Kier molecular flexibility index (Phi) is 1.54. The smallest absolute Gasteiger partial charge is 0.211 e. The Morgan fingerprint density at radius 1 is 1.75 bits per heavy atom. The minimum atomic E-state index is 0.618. The van der Waals surface area contributed by atoms with Crippen LogP contribution in [0, 0.1) is 0 Å². The molecule has 0 spiro atoms. The van der Waals surface area contributed by atoms with Crippen LogP contribution in [-0.2, 0) is 4.84 Å². The zero-order valence-electron chi connectivity index (χ0n) is 4.42. The van der Waals surface area contributed by atoms with Crippen molar-refractivity contribution >= 4 is 0 Å². The molecule has 0 bridgehead atoms. The first kappa shape index (κ1) is 5.18. The van der Waals surface area contributed by atoms with Crippen LogP contribution in [0.25, 0.3) is 0 Å². The molecule has 8 heavy (non-hydrogen) atoms. The normalized spacial score (nSPS) is 16.9. The van der Waals surface area contributed by atoms with Crippen LogP contribution in [0.15, 0.2) is 24.2 Å². The highest BCUT2D eigenvalue weighted by Gasteiger charge is 1.92. The molecule has 0 unspecified atom stereocenters. The molecule has 1 heterocycles. The minimum Gasteiger partial charge on any atom is -0.394 e. The van der Waals surface area contributed by atoms with E-state index in [9.17, 15) is 0 Å². The molecular weight excluding hydrogens is 104 g/mol. The fraction of sp³-hybridized carbons (Fsp3) is 0.200. The number of nitrogens with two attached hydrogens (primary N) is 1. The molecule has 0 radical (unpaired) electrons. The maximum atomic E-state index is 4.84. The third kappa shape index (κ3) is 1.01. The van der Waals surface area contributed by atoms with Crippen molar-refractivity contribution in [2.24, 2.45) is 5.90 Å². The highest BCUT2D eigenvalue weighted by Crippen LogP contribution is 1.97. The highest BCUT2D eigenvalue weighted by atomic mass is 16.6. The summed E-state index contributed by atoms with van der Waals surface area (Å²) in [6.07, 6.45) is 6.52. The van der Waals surface area contributed by atoms with Crippen molar-refractivity contribution in [1.29, 1.82) is 0 Å². The summed E-state index contributed by atoms with van der Waals surface area (Å²) in [4.78, 5) is 4.39. The summed E-state index contributed by atoms with van der Waals surface area (Å²) in [7, 11) is 0. The van der Waals surface area contributed by atoms with Gasteiger partial charge >= 0.3 is 0 Å². The Bertz CT molecular complexity index is 128. The molecule has 1 rings (SSSR count). The molecule has 1 aliphatic heterocycles. The van der Waals surface area contributed by atoms with Gasteiger partial charge in [-0.3, -0.25) is 0 Å². The molecule has 0 fully saturated rings. The summed E-state index contributed by atoms with van der Waals surface area (Å²) in [5, 5.41) is 2.80. The van der Waals surface area contributed by atoms with Crippen molar-refractivity contribution in [3.63, 3.8) is 0 Å². The van der Waals surface area contributed by atoms with Gasteiger partial charge in [0.1, 0.15) is 0 Å². The van der Waals surface area contributed by atoms with Crippen LogP contribution in [-0.4, -0.2) is 0 Å². The average molecular weight is 112 g/mol. The van der Waals surface area contributed by atoms with Gasteiger partial charge in [-0.1, -0.05) is 6.08 Å². The van der Waals surface area contributed by atoms with E-state index in [2.05, 4.69) is 10.2 Å². The molecule has 3 heteroatoms. The van der Waals surface area contributed by atoms with Crippen molar-refractivity contribution in [3.8, 4) is 0 Å². The fourth-order valence-corrected chi connectivity index (χ4v) is 0.525.